The van der Waals surface area contributed by atoms with E-state index in [1.807, 2.05) is 30.6 Å². The van der Waals surface area contributed by atoms with Crippen LogP contribution in [-0.4, -0.2) is 20.2 Å². The fraction of sp³-hybridized carbons (Fsp3) is 0. The molecule has 4 aromatic heterocycles. The minimum atomic E-state index is 0.908. The van der Waals surface area contributed by atoms with Crippen LogP contribution in [0.4, 0.5) is 0 Å². The highest BCUT2D eigenvalue weighted by atomic mass is 16.3. The first-order valence-electron chi connectivity index (χ1n) is 9.40. The predicted molar refractivity (Wildman–Crippen MR) is 114 cm³/mol. The van der Waals surface area contributed by atoms with Gasteiger partial charge in [-0.25, -0.2) is 0 Å². The number of aromatic nitrogens is 4. The number of furan rings is 1. The summed E-state index contributed by atoms with van der Waals surface area (Å²) in [5.74, 6) is 0. The van der Waals surface area contributed by atoms with Gasteiger partial charge in [-0.2, -0.15) is 5.10 Å². The Kier molecular flexibility index (Phi) is 3.40. The van der Waals surface area contributed by atoms with E-state index in [9.17, 15) is 0 Å². The highest BCUT2D eigenvalue weighted by molar-refractivity contribution is 6.01. The zero-order valence-corrected chi connectivity index (χ0v) is 15.4. The Morgan fingerprint density at radius 3 is 2.55 bits per heavy atom. The average molecular weight is 376 g/mol. The van der Waals surface area contributed by atoms with Gasteiger partial charge in [-0.1, -0.05) is 18.2 Å². The molecule has 0 saturated carbocycles. The van der Waals surface area contributed by atoms with Crippen molar-refractivity contribution in [1.82, 2.24) is 20.2 Å². The van der Waals surface area contributed by atoms with Crippen molar-refractivity contribution >= 4 is 21.8 Å². The molecule has 0 aliphatic carbocycles. The molecule has 2 N–H and O–H groups in total. The van der Waals surface area contributed by atoms with Crippen LogP contribution in [0.15, 0.2) is 90.0 Å². The lowest BCUT2D eigenvalue weighted by Gasteiger charge is -2.02. The van der Waals surface area contributed by atoms with Crippen molar-refractivity contribution in [1.29, 1.82) is 0 Å². The topological polar surface area (TPSA) is 70.5 Å². The quantitative estimate of drug-likeness (QED) is 0.396. The predicted octanol–water partition coefficient (Wildman–Crippen LogP) is 6.03. The monoisotopic (exact) mass is 376 g/mol. The standard InChI is InChI=1S/C24H16N4O/c1-2-18(17-8-11-29-14-17)19-13-23(26-21(19)3-1)24-20-12-16(4-5-22(20)27-28-24)15-6-9-25-10-7-15/h1-14,26H,(H,27,28). The van der Waals surface area contributed by atoms with Crippen LogP contribution < -0.4 is 0 Å². The maximum absolute atomic E-state index is 5.28. The van der Waals surface area contributed by atoms with Gasteiger partial charge in [-0.05, 0) is 59.2 Å². The van der Waals surface area contributed by atoms with E-state index in [1.54, 1.807) is 12.5 Å². The van der Waals surface area contributed by atoms with E-state index >= 15 is 0 Å². The number of rotatable bonds is 3. The lowest BCUT2D eigenvalue weighted by molar-refractivity contribution is 0.568. The van der Waals surface area contributed by atoms with E-state index in [2.05, 4.69) is 62.6 Å². The highest BCUT2D eigenvalue weighted by Gasteiger charge is 2.14. The van der Waals surface area contributed by atoms with Crippen molar-refractivity contribution in [2.24, 2.45) is 0 Å². The van der Waals surface area contributed by atoms with Gasteiger partial charge in [0.05, 0.1) is 23.7 Å². The molecule has 5 nitrogen and oxygen atoms in total. The molecule has 138 valence electrons. The normalized spacial score (nSPS) is 11.4. The number of aromatic amines is 2. The first kappa shape index (κ1) is 15.9. The minimum Gasteiger partial charge on any atom is -0.472 e. The zero-order valence-electron chi connectivity index (χ0n) is 15.4. The summed E-state index contributed by atoms with van der Waals surface area (Å²) in [6.07, 6.45) is 7.09. The first-order chi connectivity index (χ1) is 14.4. The van der Waals surface area contributed by atoms with Crippen LogP contribution in [0.25, 0.3) is 55.4 Å². The van der Waals surface area contributed by atoms with Gasteiger partial charge in [0.15, 0.2) is 0 Å². The average Bonchev–Trinajstić information content (AvgIpc) is 3.52. The summed E-state index contributed by atoms with van der Waals surface area (Å²) in [6.45, 7) is 0. The van der Waals surface area contributed by atoms with Crippen LogP contribution in [0.3, 0.4) is 0 Å². The SMILES string of the molecule is c1cc(-c2ccoc2)c2cc(-c3n[nH]c4ccc(-c5ccncc5)cc34)[nH]c2c1. The summed E-state index contributed by atoms with van der Waals surface area (Å²) in [7, 11) is 0. The molecule has 0 spiro atoms. The van der Waals surface area contributed by atoms with Gasteiger partial charge < -0.3 is 9.40 Å². The maximum Gasteiger partial charge on any atom is 0.116 e. The summed E-state index contributed by atoms with van der Waals surface area (Å²) in [6, 6.07) is 20.7. The largest absolute Gasteiger partial charge is 0.472 e. The van der Waals surface area contributed by atoms with Crippen molar-refractivity contribution in [3.63, 3.8) is 0 Å². The lowest BCUT2D eigenvalue weighted by Crippen LogP contribution is -1.80. The Hall–Kier alpha value is -4.12. The number of nitrogens with one attached hydrogen (secondary N) is 2. The van der Waals surface area contributed by atoms with Crippen molar-refractivity contribution in [2.75, 3.05) is 0 Å². The van der Waals surface area contributed by atoms with Crippen LogP contribution in [0.5, 0.6) is 0 Å². The second-order valence-electron chi connectivity index (χ2n) is 7.03. The van der Waals surface area contributed by atoms with Crippen molar-refractivity contribution in [3.05, 3.63) is 85.6 Å². The van der Waals surface area contributed by atoms with Gasteiger partial charge in [0.1, 0.15) is 5.69 Å². The van der Waals surface area contributed by atoms with Crippen LogP contribution in [0, 0.1) is 0 Å². The van der Waals surface area contributed by atoms with Crippen molar-refractivity contribution in [2.45, 2.75) is 0 Å². The third-order valence-corrected chi connectivity index (χ3v) is 5.33. The molecule has 0 amide bonds. The van der Waals surface area contributed by atoms with Gasteiger partial charge in [-0.15, -0.1) is 0 Å². The Bertz CT molecular complexity index is 1440. The number of fused-ring (bicyclic) bond motifs is 2. The molecule has 0 radical (unpaired) electrons. The van der Waals surface area contributed by atoms with Crippen molar-refractivity contribution in [3.8, 4) is 33.6 Å². The Balaban J connectivity index is 1.53. The molecule has 0 saturated heterocycles. The molecular weight excluding hydrogens is 360 g/mol. The summed E-state index contributed by atoms with van der Waals surface area (Å²) in [5.41, 5.74) is 8.43. The maximum atomic E-state index is 5.28. The third kappa shape index (κ3) is 2.56. The molecule has 0 aliphatic rings. The number of nitrogens with zero attached hydrogens (tertiary/aromatic N) is 2. The summed E-state index contributed by atoms with van der Waals surface area (Å²) < 4.78 is 5.28. The van der Waals surface area contributed by atoms with Gasteiger partial charge in [-0.3, -0.25) is 10.1 Å². The van der Waals surface area contributed by atoms with E-state index in [1.165, 1.54) is 0 Å². The fourth-order valence-corrected chi connectivity index (χ4v) is 3.90. The van der Waals surface area contributed by atoms with Crippen LogP contribution >= 0.6 is 0 Å². The Morgan fingerprint density at radius 1 is 0.759 bits per heavy atom. The molecular formula is C24H16N4O. The summed E-state index contributed by atoms with van der Waals surface area (Å²) >= 11 is 0. The van der Waals surface area contributed by atoms with Crippen molar-refractivity contribution < 1.29 is 4.42 Å². The Morgan fingerprint density at radius 2 is 1.69 bits per heavy atom. The molecule has 0 unspecified atom stereocenters. The first-order valence-corrected chi connectivity index (χ1v) is 9.40. The number of pyridine rings is 1. The molecule has 5 heteroatoms. The van der Waals surface area contributed by atoms with Crippen LogP contribution in [0.1, 0.15) is 0 Å². The molecule has 29 heavy (non-hydrogen) atoms. The smallest absolute Gasteiger partial charge is 0.116 e. The second kappa shape index (κ2) is 6.21. The summed E-state index contributed by atoms with van der Waals surface area (Å²) in [5, 5.41) is 9.98. The molecule has 6 rings (SSSR count). The third-order valence-electron chi connectivity index (χ3n) is 5.33. The van der Waals surface area contributed by atoms with Gasteiger partial charge in [0.2, 0.25) is 0 Å². The Labute approximate surface area is 166 Å². The van der Waals surface area contributed by atoms with Gasteiger partial charge in [0, 0.05) is 34.2 Å². The van der Waals surface area contributed by atoms with E-state index in [0.717, 1.165) is 55.4 Å². The van der Waals surface area contributed by atoms with Gasteiger partial charge >= 0.3 is 0 Å². The minimum absolute atomic E-state index is 0.908. The molecule has 4 heterocycles. The van der Waals surface area contributed by atoms with E-state index < -0.39 is 0 Å². The van der Waals surface area contributed by atoms with Crippen LogP contribution in [-0.2, 0) is 0 Å². The summed E-state index contributed by atoms with van der Waals surface area (Å²) in [4.78, 5) is 7.64. The highest BCUT2D eigenvalue weighted by Crippen LogP contribution is 2.35. The van der Waals surface area contributed by atoms with E-state index in [0.29, 0.717) is 0 Å². The zero-order chi connectivity index (χ0) is 19.2. The number of hydrogen-bond donors (Lipinski definition) is 2. The molecule has 6 aromatic rings. The second-order valence-corrected chi connectivity index (χ2v) is 7.03. The molecule has 0 bridgehead atoms. The molecule has 0 atom stereocenters. The number of benzene rings is 2. The molecule has 2 aromatic carbocycles. The number of H-pyrrole nitrogens is 2. The lowest BCUT2D eigenvalue weighted by atomic mass is 10.0. The molecule has 0 fully saturated rings. The molecule has 0 aliphatic heterocycles. The van der Waals surface area contributed by atoms with Gasteiger partial charge in [0.25, 0.3) is 0 Å². The van der Waals surface area contributed by atoms with E-state index in [-0.39, 0.29) is 0 Å². The number of hydrogen-bond acceptors (Lipinski definition) is 3. The van der Waals surface area contributed by atoms with E-state index in [4.69, 9.17) is 4.42 Å². The van der Waals surface area contributed by atoms with Crippen LogP contribution in [0.2, 0.25) is 0 Å². The fourth-order valence-electron chi connectivity index (χ4n) is 3.90.